The molecule has 152 valence electrons. The van der Waals surface area contributed by atoms with Gasteiger partial charge in [0.05, 0.1) is 19.4 Å². The second kappa shape index (κ2) is 10.5. The van der Waals surface area contributed by atoms with Crippen LogP contribution in [-0.4, -0.2) is 40.6 Å². The van der Waals surface area contributed by atoms with E-state index in [4.69, 9.17) is 14.2 Å². The molecule has 0 spiro atoms. The van der Waals surface area contributed by atoms with Crippen LogP contribution in [0, 0.1) is 0 Å². The van der Waals surface area contributed by atoms with Crippen molar-refractivity contribution in [3.63, 3.8) is 0 Å². The molecule has 0 aliphatic carbocycles. The van der Waals surface area contributed by atoms with Gasteiger partial charge in [-0.25, -0.2) is 0 Å². The molecule has 0 atom stereocenters. The van der Waals surface area contributed by atoms with Crippen LogP contribution in [0.25, 0.3) is 0 Å². The van der Waals surface area contributed by atoms with Gasteiger partial charge in [-0.05, 0) is 44.4 Å². The van der Waals surface area contributed by atoms with Crippen LogP contribution in [0.15, 0.2) is 58.8 Å². The lowest BCUT2D eigenvalue weighted by Crippen LogP contribution is -2.05. The van der Waals surface area contributed by atoms with Crippen LogP contribution in [0.3, 0.4) is 0 Å². The van der Waals surface area contributed by atoms with E-state index >= 15 is 0 Å². The Hall–Kier alpha value is -3.00. The minimum Gasteiger partial charge on any atom is -0.494 e. The molecule has 0 aliphatic heterocycles. The zero-order chi connectivity index (χ0) is 20.5. The Bertz CT molecular complexity index is 944. The minimum atomic E-state index is 0.260. The molecule has 0 saturated heterocycles. The number of para-hydroxylation sites is 1. The summed E-state index contributed by atoms with van der Waals surface area (Å²) in [6.45, 7) is 5.30. The van der Waals surface area contributed by atoms with Gasteiger partial charge in [-0.1, -0.05) is 30.0 Å². The highest BCUT2D eigenvalue weighted by Gasteiger charge is 2.12. The van der Waals surface area contributed by atoms with Crippen molar-refractivity contribution in [3.8, 4) is 17.2 Å². The lowest BCUT2D eigenvalue weighted by atomic mass is 10.2. The summed E-state index contributed by atoms with van der Waals surface area (Å²) in [7, 11) is 0. The predicted octanol–water partition coefficient (Wildman–Crippen LogP) is 4.26. The molecule has 0 amide bonds. The Morgan fingerprint density at radius 1 is 0.966 bits per heavy atom. The predicted molar refractivity (Wildman–Crippen MR) is 114 cm³/mol. The summed E-state index contributed by atoms with van der Waals surface area (Å²) < 4.78 is 18.8. The third-order valence-corrected chi connectivity index (χ3v) is 4.50. The number of hydrogen-bond acceptors (Lipinski definition) is 7. The molecule has 29 heavy (non-hydrogen) atoms. The highest BCUT2D eigenvalue weighted by molar-refractivity contribution is 7.98. The van der Waals surface area contributed by atoms with E-state index in [2.05, 4.69) is 15.3 Å². The van der Waals surface area contributed by atoms with Gasteiger partial charge in [0, 0.05) is 11.6 Å². The van der Waals surface area contributed by atoms with Crippen LogP contribution < -0.4 is 14.2 Å². The van der Waals surface area contributed by atoms with Gasteiger partial charge in [0.15, 0.2) is 5.82 Å². The van der Waals surface area contributed by atoms with E-state index in [1.54, 1.807) is 10.9 Å². The minimum absolute atomic E-state index is 0.260. The molecule has 0 N–H and O–H groups in total. The fourth-order valence-electron chi connectivity index (χ4n) is 2.57. The second-order valence-electron chi connectivity index (χ2n) is 5.83. The molecular weight excluding hydrogens is 388 g/mol. The van der Waals surface area contributed by atoms with Gasteiger partial charge in [-0.2, -0.15) is 9.78 Å². The van der Waals surface area contributed by atoms with Crippen molar-refractivity contribution < 1.29 is 14.2 Å². The van der Waals surface area contributed by atoms with Crippen LogP contribution >= 0.6 is 11.8 Å². The van der Waals surface area contributed by atoms with Gasteiger partial charge >= 0.3 is 0 Å². The summed E-state index contributed by atoms with van der Waals surface area (Å²) in [5.41, 5.74) is 0.839. The first-order valence-corrected chi connectivity index (χ1v) is 10.6. The Balaban J connectivity index is 1.83. The molecule has 0 radical (unpaired) electrons. The summed E-state index contributed by atoms with van der Waals surface area (Å²) in [5.74, 6) is 2.85. The number of hydrogen-bond donors (Lipinski definition) is 0. The van der Waals surface area contributed by atoms with E-state index < -0.39 is 0 Å². The van der Waals surface area contributed by atoms with Crippen LogP contribution in [0.4, 0.5) is 0 Å². The Kier molecular flexibility index (Phi) is 7.52. The van der Waals surface area contributed by atoms with Crippen molar-refractivity contribution in [2.24, 2.45) is 5.10 Å². The molecule has 0 bridgehead atoms. The maximum absolute atomic E-state index is 5.80. The largest absolute Gasteiger partial charge is 0.494 e. The van der Waals surface area contributed by atoms with E-state index in [9.17, 15) is 0 Å². The number of thioether (sulfide) groups is 1. The van der Waals surface area contributed by atoms with Gasteiger partial charge in [0.25, 0.3) is 0 Å². The molecule has 3 aromatic rings. The first-order valence-electron chi connectivity index (χ1n) is 9.35. The normalized spacial score (nSPS) is 11.0. The van der Waals surface area contributed by atoms with Crippen molar-refractivity contribution in [1.82, 2.24) is 14.9 Å². The van der Waals surface area contributed by atoms with Crippen LogP contribution in [0.1, 0.15) is 25.2 Å². The van der Waals surface area contributed by atoms with Crippen LogP contribution in [0.5, 0.6) is 17.2 Å². The molecule has 0 aliphatic rings. The topological polar surface area (TPSA) is 70.8 Å². The first kappa shape index (κ1) is 20.7. The zero-order valence-corrected chi connectivity index (χ0v) is 17.6. The number of benzene rings is 2. The number of nitrogens with zero attached hydrogens (tertiary/aromatic N) is 4. The van der Waals surface area contributed by atoms with E-state index in [0.717, 1.165) is 17.1 Å². The maximum atomic E-state index is 5.80. The maximum Gasteiger partial charge on any atom is 0.211 e. The Morgan fingerprint density at radius 3 is 2.48 bits per heavy atom. The van der Waals surface area contributed by atoms with E-state index in [1.165, 1.54) is 11.8 Å². The van der Waals surface area contributed by atoms with Gasteiger partial charge in [-0.15, -0.1) is 10.2 Å². The van der Waals surface area contributed by atoms with Gasteiger partial charge in [0.2, 0.25) is 5.16 Å². The van der Waals surface area contributed by atoms with Gasteiger partial charge < -0.3 is 14.2 Å². The van der Waals surface area contributed by atoms with Crippen molar-refractivity contribution >= 4 is 18.0 Å². The van der Waals surface area contributed by atoms with E-state index in [1.807, 2.05) is 68.6 Å². The molecule has 0 fully saturated rings. The van der Waals surface area contributed by atoms with Crippen LogP contribution in [-0.2, 0) is 6.61 Å². The third kappa shape index (κ3) is 5.51. The number of ether oxygens (including phenoxy) is 3. The number of rotatable bonds is 10. The average Bonchev–Trinajstić information content (AvgIpc) is 3.15. The highest BCUT2D eigenvalue weighted by Crippen LogP contribution is 2.24. The third-order valence-electron chi connectivity index (χ3n) is 3.88. The Labute approximate surface area is 174 Å². The molecule has 7 nitrogen and oxygen atoms in total. The van der Waals surface area contributed by atoms with E-state index in [0.29, 0.717) is 29.9 Å². The summed E-state index contributed by atoms with van der Waals surface area (Å²) in [5, 5.41) is 13.7. The molecule has 1 heterocycles. The standard InChI is InChI=1S/C21H24N4O3S/c1-4-26-18-12-11-16(19(13-18)27-5-2)14-22-25-20(23-24-21(25)29-3)15-28-17-9-7-6-8-10-17/h6-14H,4-5,15H2,1-3H3/b22-14-. The molecule has 1 aromatic heterocycles. The summed E-state index contributed by atoms with van der Waals surface area (Å²) >= 11 is 1.47. The number of aromatic nitrogens is 3. The highest BCUT2D eigenvalue weighted by atomic mass is 32.2. The average molecular weight is 413 g/mol. The molecule has 0 unspecified atom stereocenters. The SMILES string of the molecule is CCOc1ccc(/C=N\n2c(COc3ccccc3)nnc2SC)c(OCC)c1. The fourth-order valence-corrected chi connectivity index (χ4v) is 3.02. The quantitative estimate of drug-likeness (QED) is 0.366. The molecule has 2 aromatic carbocycles. The summed E-state index contributed by atoms with van der Waals surface area (Å²) in [6.07, 6.45) is 3.66. The molecule has 3 rings (SSSR count). The summed E-state index contributed by atoms with van der Waals surface area (Å²) in [4.78, 5) is 0. The Morgan fingerprint density at radius 2 is 1.76 bits per heavy atom. The first-order chi connectivity index (χ1) is 14.2. The van der Waals surface area contributed by atoms with Gasteiger partial charge in [0.1, 0.15) is 23.9 Å². The van der Waals surface area contributed by atoms with Crippen molar-refractivity contribution in [3.05, 3.63) is 59.9 Å². The lowest BCUT2D eigenvalue weighted by Gasteiger charge is -2.10. The monoisotopic (exact) mass is 412 g/mol. The van der Waals surface area contributed by atoms with Crippen molar-refractivity contribution in [2.75, 3.05) is 19.5 Å². The van der Waals surface area contributed by atoms with Crippen molar-refractivity contribution in [2.45, 2.75) is 25.6 Å². The molecular formula is C21H24N4O3S. The smallest absolute Gasteiger partial charge is 0.211 e. The second-order valence-corrected chi connectivity index (χ2v) is 6.60. The zero-order valence-electron chi connectivity index (χ0n) is 16.7. The van der Waals surface area contributed by atoms with E-state index in [-0.39, 0.29) is 6.61 Å². The summed E-state index contributed by atoms with van der Waals surface area (Å²) in [6, 6.07) is 15.3. The fraction of sp³-hybridized carbons (Fsp3) is 0.286. The molecule has 8 heteroatoms. The molecule has 0 saturated carbocycles. The lowest BCUT2D eigenvalue weighted by molar-refractivity contribution is 0.290. The van der Waals surface area contributed by atoms with Gasteiger partial charge in [-0.3, -0.25) is 0 Å². The van der Waals surface area contributed by atoms with Crippen molar-refractivity contribution in [1.29, 1.82) is 0 Å². The van der Waals surface area contributed by atoms with Crippen LogP contribution in [0.2, 0.25) is 0 Å².